The van der Waals surface area contributed by atoms with Crippen molar-refractivity contribution >= 4 is 57.9 Å². The van der Waals surface area contributed by atoms with Gasteiger partial charge in [0.2, 0.25) is 0 Å². The number of hydrogen-bond donors (Lipinski definition) is 1. The smallest absolute Gasteiger partial charge is 0.418 e. The molecule has 28 heavy (non-hydrogen) atoms. The molecule has 1 heterocycles. The number of amides is 1. The van der Waals surface area contributed by atoms with Crippen molar-refractivity contribution in [1.82, 2.24) is 0 Å². The predicted octanol–water partition coefficient (Wildman–Crippen LogP) is 5.22. The number of Topliss-reactive ketones (excluding diaryl/α,β-unsaturated/α-hetero) is 1. The van der Waals surface area contributed by atoms with Crippen LogP contribution in [-0.2, 0) is 20.5 Å². The molecule has 1 N–H and O–H groups in total. The van der Waals surface area contributed by atoms with Crippen LogP contribution in [0.1, 0.15) is 28.1 Å². The first-order valence-electron chi connectivity index (χ1n) is 7.67. The van der Waals surface area contributed by atoms with Gasteiger partial charge in [0.05, 0.1) is 26.9 Å². The van der Waals surface area contributed by atoms with Crippen molar-refractivity contribution in [3.8, 4) is 0 Å². The fourth-order valence-corrected chi connectivity index (χ4v) is 3.25. The average Bonchev–Trinajstić information content (AvgIpc) is 3.05. The zero-order valence-corrected chi connectivity index (χ0v) is 16.3. The lowest BCUT2D eigenvalue weighted by atomic mass is 10.1. The van der Waals surface area contributed by atoms with Crippen molar-refractivity contribution in [2.24, 2.45) is 0 Å². The largest absolute Gasteiger partial charge is 0.456 e. The maximum atomic E-state index is 13.0. The van der Waals surface area contributed by atoms with Gasteiger partial charge in [-0.05, 0) is 30.3 Å². The Labute approximate surface area is 171 Å². The van der Waals surface area contributed by atoms with Crippen molar-refractivity contribution in [2.45, 2.75) is 19.0 Å². The molecular weight excluding hydrogens is 442 g/mol. The molecule has 11 heteroatoms. The Balaban J connectivity index is 1.84. The van der Waals surface area contributed by atoms with E-state index in [4.69, 9.17) is 23.2 Å². The van der Waals surface area contributed by atoms with Crippen LogP contribution in [0.25, 0.3) is 0 Å². The first-order valence-corrected chi connectivity index (χ1v) is 9.24. The summed E-state index contributed by atoms with van der Waals surface area (Å²) in [6.07, 6.45) is -5.15. The summed E-state index contributed by atoms with van der Waals surface area (Å²) in [6, 6.07) is 5.93. The molecule has 0 bridgehead atoms. The Bertz CT molecular complexity index is 899. The molecule has 1 aromatic carbocycles. The highest BCUT2D eigenvalue weighted by Crippen LogP contribution is 2.36. The van der Waals surface area contributed by atoms with Gasteiger partial charge in [-0.2, -0.15) is 13.2 Å². The molecule has 0 spiro atoms. The van der Waals surface area contributed by atoms with E-state index in [1.807, 2.05) is 5.32 Å². The van der Waals surface area contributed by atoms with Crippen molar-refractivity contribution < 1.29 is 32.3 Å². The van der Waals surface area contributed by atoms with E-state index in [-0.39, 0.29) is 23.6 Å². The van der Waals surface area contributed by atoms with Gasteiger partial charge < -0.3 is 10.1 Å². The number of alkyl halides is 3. The van der Waals surface area contributed by atoms with E-state index in [9.17, 15) is 27.6 Å². The molecule has 2 rings (SSSR count). The van der Waals surface area contributed by atoms with E-state index >= 15 is 0 Å². The van der Waals surface area contributed by atoms with E-state index in [0.29, 0.717) is 15.3 Å². The molecule has 0 radical (unpaired) electrons. The van der Waals surface area contributed by atoms with Gasteiger partial charge in [-0.1, -0.05) is 23.2 Å². The van der Waals surface area contributed by atoms with E-state index < -0.39 is 35.9 Å². The lowest BCUT2D eigenvalue weighted by Gasteiger charge is -2.14. The first-order chi connectivity index (χ1) is 13.1. The highest BCUT2D eigenvalue weighted by molar-refractivity contribution is 7.18. The van der Waals surface area contributed by atoms with Crippen LogP contribution >= 0.6 is 34.5 Å². The lowest BCUT2D eigenvalue weighted by molar-refractivity contribution is -0.147. The molecule has 2 aromatic rings. The number of ketones is 1. The van der Waals surface area contributed by atoms with Crippen LogP contribution in [-0.4, -0.2) is 24.3 Å². The third-order valence-electron chi connectivity index (χ3n) is 3.33. The number of benzene rings is 1. The van der Waals surface area contributed by atoms with E-state index in [1.165, 1.54) is 12.1 Å². The fraction of sp³-hybridized carbons (Fsp3) is 0.235. The Morgan fingerprint density at radius 3 is 2.39 bits per heavy atom. The highest BCUT2D eigenvalue weighted by atomic mass is 35.5. The zero-order chi connectivity index (χ0) is 20.9. The molecule has 0 aliphatic heterocycles. The predicted molar refractivity (Wildman–Crippen MR) is 98.9 cm³/mol. The van der Waals surface area contributed by atoms with Crippen LogP contribution in [0.2, 0.25) is 9.36 Å². The van der Waals surface area contributed by atoms with Gasteiger partial charge in [0.1, 0.15) is 0 Å². The molecule has 0 aliphatic rings. The standard InChI is InChI=1S/C17H12Cl2F3NO4S/c18-9-1-2-11(10(7-9)17(20,21)22)23-15(25)8-27-16(26)6-3-12(24)13-4-5-14(19)28-13/h1-2,4-5,7H,3,6,8H2,(H,23,25). The lowest BCUT2D eigenvalue weighted by Crippen LogP contribution is -2.23. The Morgan fingerprint density at radius 1 is 1.07 bits per heavy atom. The average molecular weight is 454 g/mol. The van der Waals surface area contributed by atoms with E-state index in [1.54, 1.807) is 6.07 Å². The number of anilines is 1. The molecule has 0 saturated heterocycles. The minimum Gasteiger partial charge on any atom is -0.456 e. The van der Waals surface area contributed by atoms with Crippen molar-refractivity contribution in [3.63, 3.8) is 0 Å². The van der Waals surface area contributed by atoms with Gasteiger partial charge >= 0.3 is 12.1 Å². The minimum absolute atomic E-state index is 0.145. The van der Waals surface area contributed by atoms with E-state index in [0.717, 1.165) is 17.4 Å². The van der Waals surface area contributed by atoms with Gasteiger partial charge in [-0.15, -0.1) is 11.3 Å². The summed E-state index contributed by atoms with van der Waals surface area (Å²) < 4.78 is 44.0. The Morgan fingerprint density at radius 2 is 1.79 bits per heavy atom. The topological polar surface area (TPSA) is 72.5 Å². The summed E-state index contributed by atoms with van der Waals surface area (Å²) >= 11 is 12.3. The Hall–Kier alpha value is -2.10. The summed E-state index contributed by atoms with van der Waals surface area (Å²) in [5.74, 6) is -2.11. The third-order valence-corrected chi connectivity index (χ3v) is 4.84. The number of rotatable bonds is 7. The third kappa shape index (κ3) is 6.50. The van der Waals surface area contributed by atoms with Crippen LogP contribution in [0, 0.1) is 0 Å². The number of halogens is 5. The number of ether oxygens (including phenoxy) is 1. The second-order valence-corrected chi connectivity index (χ2v) is 7.57. The molecule has 0 unspecified atom stereocenters. The van der Waals surface area contributed by atoms with Gasteiger partial charge in [0, 0.05) is 11.4 Å². The van der Waals surface area contributed by atoms with Crippen molar-refractivity contribution in [3.05, 3.63) is 50.1 Å². The number of carbonyl (C=O) groups excluding carboxylic acids is 3. The number of hydrogen-bond acceptors (Lipinski definition) is 5. The highest BCUT2D eigenvalue weighted by Gasteiger charge is 2.34. The first kappa shape index (κ1) is 22.2. The molecule has 1 amide bonds. The van der Waals surface area contributed by atoms with Gasteiger partial charge in [-0.3, -0.25) is 14.4 Å². The fourth-order valence-electron chi connectivity index (χ4n) is 2.07. The van der Waals surface area contributed by atoms with Crippen molar-refractivity contribution in [2.75, 3.05) is 11.9 Å². The zero-order valence-electron chi connectivity index (χ0n) is 13.9. The summed E-state index contributed by atoms with van der Waals surface area (Å²) in [5, 5.41) is 1.87. The van der Waals surface area contributed by atoms with Gasteiger partial charge in [-0.25, -0.2) is 0 Å². The summed E-state index contributed by atoms with van der Waals surface area (Å²) in [4.78, 5) is 35.6. The van der Waals surface area contributed by atoms with Crippen LogP contribution < -0.4 is 5.32 Å². The molecule has 0 fully saturated rings. The van der Waals surface area contributed by atoms with Crippen molar-refractivity contribution in [1.29, 1.82) is 0 Å². The maximum Gasteiger partial charge on any atom is 0.418 e. The number of nitrogens with one attached hydrogen (secondary N) is 1. The molecular formula is C17H12Cl2F3NO4S. The van der Waals surface area contributed by atoms with Crippen LogP contribution in [0.5, 0.6) is 0 Å². The minimum atomic E-state index is -4.73. The molecule has 0 atom stereocenters. The number of thiophene rings is 1. The summed E-state index contributed by atoms with van der Waals surface area (Å²) in [6.45, 7) is -0.794. The molecule has 150 valence electrons. The van der Waals surface area contributed by atoms with Crippen LogP contribution in [0.3, 0.4) is 0 Å². The quantitative estimate of drug-likeness (QED) is 0.460. The van der Waals surface area contributed by atoms with Crippen LogP contribution in [0.4, 0.5) is 18.9 Å². The molecule has 1 aromatic heterocycles. The maximum absolute atomic E-state index is 13.0. The number of carbonyl (C=O) groups is 3. The summed E-state index contributed by atoms with van der Waals surface area (Å²) in [7, 11) is 0. The van der Waals surface area contributed by atoms with Gasteiger partial charge in [0.15, 0.2) is 12.4 Å². The van der Waals surface area contributed by atoms with Crippen LogP contribution in [0.15, 0.2) is 30.3 Å². The molecule has 5 nitrogen and oxygen atoms in total. The number of esters is 1. The summed E-state index contributed by atoms with van der Waals surface area (Å²) in [5.41, 5.74) is -1.64. The SMILES string of the molecule is O=C(COC(=O)CCC(=O)c1ccc(Cl)s1)Nc1ccc(Cl)cc1C(F)(F)F. The monoisotopic (exact) mass is 453 g/mol. The van der Waals surface area contributed by atoms with E-state index in [2.05, 4.69) is 4.74 Å². The second kappa shape index (κ2) is 9.40. The Kier molecular flexibility index (Phi) is 7.45. The second-order valence-electron chi connectivity index (χ2n) is 5.42. The van der Waals surface area contributed by atoms with Gasteiger partial charge in [0.25, 0.3) is 5.91 Å². The molecule has 0 saturated carbocycles. The normalized spacial score (nSPS) is 11.2. The molecule has 0 aliphatic carbocycles.